The van der Waals surface area contributed by atoms with Crippen LogP contribution in [0.1, 0.15) is 26.8 Å². The minimum Gasteiger partial charge on any atom is -0.478 e. The van der Waals surface area contributed by atoms with Gasteiger partial charge in [0, 0.05) is 30.2 Å². The maximum atomic E-state index is 10.8. The number of anilines is 1. The van der Waals surface area contributed by atoms with Gasteiger partial charge < -0.3 is 10.4 Å². The van der Waals surface area contributed by atoms with Gasteiger partial charge in [-0.1, -0.05) is 0 Å². The minimum atomic E-state index is -1.01. The molecule has 0 bridgehead atoms. The summed E-state index contributed by atoms with van der Waals surface area (Å²) in [5.74, 6) is -0.571. The molecule has 0 saturated carbocycles. The Morgan fingerprint density at radius 2 is 2.21 bits per heavy atom. The molecule has 0 aliphatic carbocycles. The molecule has 0 amide bonds. The van der Waals surface area contributed by atoms with E-state index in [0.29, 0.717) is 18.2 Å². The Bertz CT molecular complexity index is 597. The van der Waals surface area contributed by atoms with Crippen LogP contribution in [0.5, 0.6) is 0 Å². The van der Waals surface area contributed by atoms with Gasteiger partial charge >= 0.3 is 5.97 Å². The molecule has 0 unspecified atom stereocenters. The Balaban J connectivity index is 1.93. The molecule has 0 aliphatic rings. The smallest absolute Gasteiger partial charge is 0.339 e. The van der Waals surface area contributed by atoms with E-state index in [-0.39, 0.29) is 5.56 Å². The van der Waals surface area contributed by atoms with Crippen molar-refractivity contribution in [1.29, 1.82) is 0 Å². The fourth-order valence-electron chi connectivity index (χ4n) is 1.56. The second-order valence-electron chi connectivity index (χ2n) is 4.06. The van der Waals surface area contributed by atoms with Gasteiger partial charge in [0.1, 0.15) is 0 Å². The number of aromatic nitrogens is 3. The van der Waals surface area contributed by atoms with Crippen LogP contribution in [-0.4, -0.2) is 32.6 Å². The molecule has 0 spiro atoms. The molecule has 2 rings (SSSR count). The van der Waals surface area contributed by atoms with Crippen molar-refractivity contribution in [3.63, 3.8) is 0 Å². The van der Waals surface area contributed by atoms with Gasteiger partial charge in [-0.15, -0.1) is 11.3 Å². The van der Waals surface area contributed by atoms with E-state index in [1.165, 1.54) is 6.20 Å². The number of carboxylic acid groups (broad SMARTS) is 1. The Morgan fingerprint density at radius 1 is 1.42 bits per heavy atom. The normalized spacial score (nSPS) is 10.4. The van der Waals surface area contributed by atoms with Crippen LogP contribution in [0, 0.1) is 13.8 Å². The molecule has 2 aromatic heterocycles. The zero-order chi connectivity index (χ0) is 13.8. The molecule has 0 radical (unpaired) electrons. The molecule has 0 atom stereocenters. The fourth-order valence-corrected chi connectivity index (χ4v) is 2.34. The van der Waals surface area contributed by atoms with Crippen LogP contribution >= 0.6 is 11.3 Å². The molecule has 0 saturated heterocycles. The number of aromatic carboxylic acids is 1. The third-order valence-corrected chi connectivity index (χ3v) is 3.52. The summed E-state index contributed by atoms with van der Waals surface area (Å²) in [7, 11) is 0. The van der Waals surface area contributed by atoms with E-state index in [1.54, 1.807) is 18.3 Å². The minimum absolute atomic E-state index is 0.126. The number of carboxylic acids is 1. The molecule has 100 valence electrons. The summed E-state index contributed by atoms with van der Waals surface area (Å²) in [5.41, 5.74) is 1.61. The number of aryl methyl sites for hydroxylation is 2. The third kappa shape index (κ3) is 3.47. The Hall–Kier alpha value is -2.02. The van der Waals surface area contributed by atoms with E-state index in [0.717, 1.165) is 17.1 Å². The molecule has 19 heavy (non-hydrogen) atoms. The van der Waals surface area contributed by atoms with Gasteiger partial charge in [0.2, 0.25) is 5.95 Å². The van der Waals surface area contributed by atoms with Crippen molar-refractivity contribution < 1.29 is 9.90 Å². The third-order valence-electron chi connectivity index (χ3n) is 2.50. The first-order chi connectivity index (χ1) is 9.06. The number of rotatable bonds is 5. The first-order valence-electron chi connectivity index (χ1n) is 5.78. The fraction of sp³-hybridized carbons (Fsp3) is 0.333. The van der Waals surface area contributed by atoms with E-state index in [9.17, 15) is 4.79 Å². The van der Waals surface area contributed by atoms with E-state index >= 15 is 0 Å². The molecule has 2 N–H and O–H groups in total. The average Bonchev–Trinajstić information content (AvgIpc) is 2.75. The largest absolute Gasteiger partial charge is 0.478 e. The van der Waals surface area contributed by atoms with Crippen molar-refractivity contribution in [2.24, 2.45) is 0 Å². The van der Waals surface area contributed by atoms with Crippen molar-refractivity contribution >= 4 is 23.3 Å². The van der Waals surface area contributed by atoms with Crippen LogP contribution in [-0.2, 0) is 6.42 Å². The highest BCUT2D eigenvalue weighted by Gasteiger charge is 2.09. The van der Waals surface area contributed by atoms with Crippen molar-refractivity contribution in [2.75, 3.05) is 11.9 Å². The molecular weight excluding hydrogens is 264 g/mol. The highest BCUT2D eigenvalue weighted by atomic mass is 32.1. The van der Waals surface area contributed by atoms with Gasteiger partial charge in [0.15, 0.2) is 0 Å². The van der Waals surface area contributed by atoms with Crippen LogP contribution in [0.15, 0.2) is 11.6 Å². The van der Waals surface area contributed by atoms with Crippen LogP contribution in [0.25, 0.3) is 0 Å². The van der Waals surface area contributed by atoms with Crippen LogP contribution < -0.4 is 5.32 Å². The second-order valence-corrected chi connectivity index (χ2v) is 5.00. The monoisotopic (exact) mass is 278 g/mol. The predicted molar refractivity (Wildman–Crippen MR) is 72.8 cm³/mol. The number of thiazole rings is 1. The molecule has 7 heteroatoms. The summed E-state index contributed by atoms with van der Waals surface area (Å²) in [6, 6.07) is 0. The van der Waals surface area contributed by atoms with Gasteiger partial charge in [0.05, 0.1) is 16.3 Å². The summed E-state index contributed by atoms with van der Waals surface area (Å²) in [4.78, 5) is 23.3. The summed E-state index contributed by atoms with van der Waals surface area (Å²) in [5, 5.41) is 15.0. The van der Waals surface area contributed by atoms with E-state index in [2.05, 4.69) is 20.3 Å². The molecule has 2 heterocycles. The molecule has 0 aromatic carbocycles. The summed E-state index contributed by atoms with van der Waals surface area (Å²) in [6.07, 6.45) is 2.11. The highest BCUT2D eigenvalue weighted by Crippen LogP contribution is 2.10. The zero-order valence-electron chi connectivity index (χ0n) is 10.7. The maximum absolute atomic E-state index is 10.8. The van der Waals surface area contributed by atoms with Gasteiger partial charge in [-0.2, -0.15) is 0 Å². The number of hydrogen-bond acceptors (Lipinski definition) is 6. The lowest BCUT2D eigenvalue weighted by Crippen LogP contribution is -2.10. The van der Waals surface area contributed by atoms with Gasteiger partial charge in [0.25, 0.3) is 0 Å². The lowest BCUT2D eigenvalue weighted by Gasteiger charge is -2.05. The first-order valence-corrected chi connectivity index (χ1v) is 6.66. The highest BCUT2D eigenvalue weighted by molar-refractivity contribution is 7.09. The van der Waals surface area contributed by atoms with Crippen molar-refractivity contribution in [3.05, 3.63) is 33.5 Å². The maximum Gasteiger partial charge on any atom is 0.339 e. The quantitative estimate of drug-likeness (QED) is 0.868. The molecule has 0 aliphatic heterocycles. The summed E-state index contributed by atoms with van der Waals surface area (Å²) >= 11 is 1.62. The summed E-state index contributed by atoms with van der Waals surface area (Å²) < 4.78 is 0. The van der Waals surface area contributed by atoms with Crippen LogP contribution in [0.3, 0.4) is 0 Å². The standard InChI is InChI=1S/C12H14N4O2S/c1-7-6-19-10(15-7)3-4-13-12-14-5-9(11(17)18)8(2)16-12/h5-6H,3-4H2,1-2H3,(H,17,18)(H,13,14,16). The van der Waals surface area contributed by atoms with Gasteiger partial charge in [-0.05, 0) is 13.8 Å². The SMILES string of the molecule is Cc1csc(CCNc2ncc(C(=O)O)c(C)n2)n1. The molecule has 0 fully saturated rings. The topological polar surface area (TPSA) is 88.0 Å². The Morgan fingerprint density at radius 3 is 2.79 bits per heavy atom. The van der Waals surface area contributed by atoms with Crippen LogP contribution in [0.2, 0.25) is 0 Å². The van der Waals surface area contributed by atoms with E-state index in [1.807, 2.05) is 12.3 Å². The first kappa shape index (κ1) is 13.4. The number of nitrogens with one attached hydrogen (secondary N) is 1. The number of hydrogen-bond donors (Lipinski definition) is 2. The Labute approximate surface area is 114 Å². The molecule has 6 nitrogen and oxygen atoms in total. The van der Waals surface area contributed by atoms with Crippen molar-refractivity contribution in [1.82, 2.24) is 15.0 Å². The lowest BCUT2D eigenvalue weighted by atomic mass is 10.2. The van der Waals surface area contributed by atoms with E-state index < -0.39 is 5.97 Å². The Kier molecular flexibility index (Phi) is 4.06. The van der Waals surface area contributed by atoms with Crippen molar-refractivity contribution in [2.45, 2.75) is 20.3 Å². The number of carbonyl (C=O) groups is 1. The number of nitrogens with zero attached hydrogens (tertiary/aromatic N) is 3. The summed E-state index contributed by atoms with van der Waals surface area (Å²) in [6.45, 7) is 4.28. The van der Waals surface area contributed by atoms with E-state index in [4.69, 9.17) is 5.11 Å². The average molecular weight is 278 g/mol. The van der Waals surface area contributed by atoms with Crippen molar-refractivity contribution in [3.8, 4) is 0 Å². The lowest BCUT2D eigenvalue weighted by molar-refractivity contribution is 0.0695. The zero-order valence-corrected chi connectivity index (χ0v) is 11.5. The van der Waals surface area contributed by atoms with Gasteiger partial charge in [-0.25, -0.2) is 19.7 Å². The molecular formula is C12H14N4O2S. The predicted octanol–water partition coefficient (Wildman–Crippen LogP) is 1.90. The molecule has 2 aromatic rings. The van der Waals surface area contributed by atoms with Crippen LogP contribution in [0.4, 0.5) is 5.95 Å². The second kappa shape index (κ2) is 5.75. The van der Waals surface area contributed by atoms with Gasteiger partial charge in [-0.3, -0.25) is 0 Å².